The fourth-order valence-electron chi connectivity index (χ4n) is 3.56. The Labute approximate surface area is 157 Å². The number of aromatic nitrogens is 2. The number of hydrogen-bond donors (Lipinski definition) is 2. The molecule has 1 aromatic carbocycles. The number of aliphatic hydroxyl groups excluding tert-OH is 1. The lowest BCUT2D eigenvalue weighted by Crippen LogP contribution is -2.25. The Morgan fingerprint density at radius 2 is 2.22 bits per heavy atom. The Bertz CT molecular complexity index is 975. The summed E-state index contributed by atoms with van der Waals surface area (Å²) < 4.78 is 7.52. The largest absolute Gasteiger partial charge is 0.466 e. The highest BCUT2D eigenvalue weighted by Crippen LogP contribution is 2.25. The van der Waals surface area contributed by atoms with Gasteiger partial charge in [-0.15, -0.1) is 0 Å². The maximum absolute atomic E-state index is 12.5. The summed E-state index contributed by atoms with van der Waals surface area (Å²) in [6.45, 7) is 3.80. The number of anilines is 1. The summed E-state index contributed by atoms with van der Waals surface area (Å²) in [5.41, 5.74) is 2.33. The molecule has 27 heavy (non-hydrogen) atoms. The van der Waals surface area contributed by atoms with Gasteiger partial charge >= 0.3 is 0 Å². The molecule has 142 valence electrons. The van der Waals surface area contributed by atoms with Gasteiger partial charge in [0.1, 0.15) is 11.5 Å². The molecule has 1 aliphatic rings. The van der Waals surface area contributed by atoms with Gasteiger partial charge in [0.15, 0.2) is 0 Å². The maximum Gasteiger partial charge on any atom is 0.251 e. The van der Waals surface area contributed by atoms with Crippen molar-refractivity contribution in [2.75, 3.05) is 24.5 Å². The first-order valence-corrected chi connectivity index (χ1v) is 9.24. The number of carbonyl (C=O) groups is 1. The number of β-amino-alcohol motifs (C(OH)–C–C–N with tert-alkyl or cyclic N) is 1. The molecule has 1 atom stereocenters. The van der Waals surface area contributed by atoms with E-state index in [1.54, 1.807) is 0 Å². The number of benzene rings is 1. The Balaban J connectivity index is 1.46. The number of furan rings is 1. The van der Waals surface area contributed by atoms with Crippen molar-refractivity contribution in [1.82, 2.24) is 14.9 Å². The Hall–Kier alpha value is -2.80. The lowest BCUT2D eigenvalue weighted by molar-refractivity contribution is 0.0954. The second kappa shape index (κ2) is 7.08. The van der Waals surface area contributed by atoms with Crippen LogP contribution in [0.5, 0.6) is 0 Å². The number of imidazole rings is 1. The fourth-order valence-corrected chi connectivity index (χ4v) is 3.56. The van der Waals surface area contributed by atoms with E-state index in [4.69, 9.17) is 4.42 Å². The van der Waals surface area contributed by atoms with Gasteiger partial charge in [-0.3, -0.25) is 4.79 Å². The number of nitrogens with one attached hydrogen (secondary N) is 1. The first-order chi connectivity index (χ1) is 13.0. The molecule has 1 aliphatic heterocycles. The van der Waals surface area contributed by atoms with Crippen LogP contribution in [0, 0.1) is 6.92 Å². The zero-order valence-corrected chi connectivity index (χ0v) is 15.6. The van der Waals surface area contributed by atoms with E-state index in [1.807, 2.05) is 48.9 Å². The second-order valence-electron chi connectivity index (χ2n) is 7.08. The summed E-state index contributed by atoms with van der Waals surface area (Å²) in [6, 6.07) is 9.40. The van der Waals surface area contributed by atoms with Crippen molar-refractivity contribution in [2.45, 2.75) is 25.9 Å². The lowest BCUT2D eigenvalue weighted by atomic mass is 10.2. The van der Waals surface area contributed by atoms with Crippen LogP contribution in [-0.4, -0.2) is 46.3 Å². The molecule has 0 bridgehead atoms. The van der Waals surface area contributed by atoms with Crippen LogP contribution >= 0.6 is 0 Å². The SMILES string of the molecule is Cc1ccc(CCNC(=O)c2ccc3c(c2)nc(N2CC[C@H](O)C2)n3C)o1. The molecule has 0 aliphatic carbocycles. The smallest absolute Gasteiger partial charge is 0.251 e. The normalized spacial score (nSPS) is 17.0. The minimum absolute atomic E-state index is 0.121. The highest BCUT2D eigenvalue weighted by Gasteiger charge is 2.24. The van der Waals surface area contributed by atoms with E-state index in [-0.39, 0.29) is 12.0 Å². The standard InChI is InChI=1S/C20H24N4O3/c1-13-3-5-16(27-13)7-9-21-19(26)14-4-6-18-17(11-14)22-20(23(18)2)24-10-8-15(25)12-24/h3-6,11,15,25H,7-10,12H2,1-2H3,(H,21,26)/t15-/m0/s1. The van der Waals surface area contributed by atoms with Crippen LogP contribution in [0.3, 0.4) is 0 Å². The first-order valence-electron chi connectivity index (χ1n) is 9.24. The third-order valence-electron chi connectivity index (χ3n) is 5.02. The average Bonchev–Trinajstić information content (AvgIpc) is 3.34. The van der Waals surface area contributed by atoms with Gasteiger partial charge in [-0.25, -0.2) is 4.98 Å². The van der Waals surface area contributed by atoms with Crippen molar-refractivity contribution < 1.29 is 14.3 Å². The van der Waals surface area contributed by atoms with E-state index >= 15 is 0 Å². The molecule has 1 fully saturated rings. The Morgan fingerprint density at radius 1 is 1.37 bits per heavy atom. The summed E-state index contributed by atoms with van der Waals surface area (Å²) in [5, 5.41) is 12.7. The predicted octanol–water partition coefficient (Wildman–Crippen LogP) is 2.02. The monoisotopic (exact) mass is 368 g/mol. The van der Waals surface area contributed by atoms with Crippen molar-refractivity contribution >= 4 is 22.9 Å². The zero-order chi connectivity index (χ0) is 19.0. The van der Waals surface area contributed by atoms with Gasteiger partial charge in [-0.1, -0.05) is 0 Å². The van der Waals surface area contributed by atoms with Crippen LogP contribution in [0.2, 0.25) is 0 Å². The first kappa shape index (κ1) is 17.6. The summed E-state index contributed by atoms with van der Waals surface area (Å²) >= 11 is 0. The molecule has 1 amide bonds. The molecule has 7 heteroatoms. The third kappa shape index (κ3) is 3.55. The zero-order valence-electron chi connectivity index (χ0n) is 15.6. The van der Waals surface area contributed by atoms with Gasteiger partial charge in [-0.05, 0) is 43.7 Å². The number of hydrogen-bond acceptors (Lipinski definition) is 5. The van der Waals surface area contributed by atoms with Crippen LogP contribution < -0.4 is 10.2 Å². The second-order valence-corrected chi connectivity index (χ2v) is 7.08. The number of nitrogens with zero attached hydrogens (tertiary/aromatic N) is 3. The molecule has 4 rings (SSSR count). The van der Waals surface area contributed by atoms with Gasteiger partial charge in [0.25, 0.3) is 5.91 Å². The minimum atomic E-state index is -0.302. The van der Waals surface area contributed by atoms with E-state index in [0.717, 1.165) is 41.5 Å². The quantitative estimate of drug-likeness (QED) is 0.720. The van der Waals surface area contributed by atoms with Gasteiger partial charge < -0.3 is 24.3 Å². The molecule has 2 aromatic heterocycles. The van der Waals surface area contributed by atoms with Crippen molar-refractivity contribution in [3.8, 4) is 0 Å². The molecule has 0 saturated carbocycles. The van der Waals surface area contributed by atoms with Crippen LogP contribution in [0.15, 0.2) is 34.7 Å². The number of aryl methyl sites for hydroxylation is 2. The summed E-state index contributed by atoms with van der Waals surface area (Å²) in [5.74, 6) is 2.44. The van der Waals surface area contributed by atoms with Crippen LogP contribution in [0.4, 0.5) is 5.95 Å². The molecular weight excluding hydrogens is 344 g/mol. The molecule has 3 aromatic rings. The van der Waals surface area contributed by atoms with Crippen molar-refractivity contribution in [3.63, 3.8) is 0 Å². The highest BCUT2D eigenvalue weighted by atomic mass is 16.3. The van der Waals surface area contributed by atoms with Crippen molar-refractivity contribution in [2.24, 2.45) is 7.05 Å². The van der Waals surface area contributed by atoms with Crippen LogP contribution in [0.25, 0.3) is 11.0 Å². The predicted molar refractivity (Wildman–Crippen MR) is 103 cm³/mol. The molecule has 0 spiro atoms. The maximum atomic E-state index is 12.5. The van der Waals surface area contributed by atoms with Gasteiger partial charge in [-0.2, -0.15) is 0 Å². The molecule has 0 radical (unpaired) electrons. The van der Waals surface area contributed by atoms with Crippen LogP contribution in [0.1, 0.15) is 28.3 Å². The number of carbonyl (C=O) groups excluding carboxylic acids is 1. The third-order valence-corrected chi connectivity index (χ3v) is 5.02. The van der Waals surface area contributed by atoms with E-state index in [1.165, 1.54) is 0 Å². The van der Waals surface area contributed by atoms with Gasteiger partial charge in [0.2, 0.25) is 5.95 Å². The lowest BCUT2D eigenvalue weighted by Gasteiger charge is -2.16. The van der Waals surface area contributed by atoms with E-state index < -0.39 is 0 Å². The number of fused-ring (bicyclic) bond motifs is 1. The van der Waals surface area contributed by atoms with E-state index in [9.17, 15) is 9.90 Å². The molecule has 1 saturated heterocycles. The van der Waals surface area contributed by atoms with E-state index in [2.05, 4.69) is 15.2 Å². The topological polar surface area (TPSA) is 83.5 Å². The molecule has 0 unspecified atom stereocenters. The van der Waals surface area contributed by atoms with E-state index in [0.29, 0.717) is 25.1 Å². The fraction of sp³-hybridized carbons (Fsp3) is 0.400. The summed E-state index contributed by atoms with van der Waals surface area (Å²) in [4.78, 5) is 19.2. The summed E-state index contributed by atoms with van der Waals surface area (Å²) in [7, 11) is 1.96. The van der Waals surface area contributed by atoms with Gasteiger partial charge in [0.05, 0.1) is 17.1 Å². The number of aliphatic hydroxyl groups is 1. The molecule has 2 N–H and O–H groups in total. The minimum Gasteiger partial charge on any atom is -0.466 e. The summed E-state index contributed by atoms with van der Waals surface area (Å²) in [6.07, 6.45) is 1.11. The molecular formula is C20H24N4O3. The molecule has 7 nitrogen and oxygen atoms in total. The Kier molecular flexibility index (Phi) is 4.61. The van der Waals surface area contributed by atoms with Crippen molar-refractivity contribution in [1.29, 1.82) is 0 Å². The number of rotatable bonds is 5. The van der Waals surface area contributed by atoms with Gasteiger partial charge in [0, 0.05) is 38.7 Å². The van der Waals surface area contributed by atoms with Crippen LogP contribution in [-0.2, 0) is 13.5 Å². The molecule has 3 heterocycles. The average molecular weight is 368 g/mol. The number of amides is 1. The Morgan fingerprint density at radius 3 is 2.93 bits per heavy atom. The highest BCUT2D eigenvalue weighted by molar-refractivity contribution is 5.97. The van der Waals surface area contributed by atoms with Crippen molar-refractivity contribution in [3.05, 3.63) is 47.4 Å².